The molecule has 0 heterocycles. The predicted octanol–water partition coefficient (Wildman–Crippen LogP) is 4.43. The van der Waals surface area contributed by atoms with E-state index in [0.717, 1.165) is 18.8 Å². The standard InChI is InChI=1S/C18H23NO.ClH/c1-15(2)12-19-13-16-8-10-18(11-9-16)20-14-17-6-4-3-5-7-17;/h3-11,15,19H,12-14H2,1-2H3;1H. The van der Waals surface area contributed by atoms with Gasteiger partial charge in [0.05, 0.1) is 0 Å². The number of ether oxygens (including phenoxy) is 1. The number of nitrogens with one attached hydrogen (secondary N) is 1. The molecule has 114 valence electrons. The smallest absolute Gasteiger partial charge is 0.119 e. The Bertz CT molecular complexity index is 496. The van der Waals surface area contributed by atoms with Crippen LogP contribution in [-0.4, -0.2) is 6.54 Å². The molecule has 0 atom stereocenters. The lowest BCUT2D eigenvalue weighted by Gasteiger charge is -2.09. The highest BCUT2D eigenvalue weighted by Crippen LogP contribution is 2.14. The summed E-state index contributed by atoms with van der Waals surface area (Å²) in [5.41, 5.74) is 2.48. The molecule has 0 aliphatic rings. The van der Waals surface area contributed by atoms with Gasteiger partial charge in [0, 0.05) is 6.54 Å². The van der Waals surface area contributed by atoms with Gasteiger partial charge < -0.3 is 10.1 Å². The van der Waals surface area contributed by atoms with Crippen LogP contribution >= 0.6 is 12.4 Å². The number of benzene rings is 2. The average molecular weight is 306 g/mol. The van der Waals surface area contributed by atoms with Gasteiger partial charge in [0.1, 0.15) is 12.4 Å². The summed E-state index contributed by atoms with van der Waals surface area (Å²) < 4.78 is 5.77. The Labute approximate surface area is 133 Å². The van der Waals surface area contributed by atoms with Gasteiger partial charge in [-0.05, 0) is 35.7 Å². The summed E-state index contributed by atoms with van der Waals surface area (Å²) in [7, 11) is 0. The van der Waals surface area contributed by atoms with Crippen LogP contribution in [0.5, 0.6) is 5.75 Å². The van der Waals surface area contributed by atoms with Crippen molar-refractivity contribution in [2.45, 2.75) is 27.0 Å². The SMILES string of the molecule is CC(C)CNCc1ccc(OCc2ccccc2)cc1.Cl. The Morgan fingerprint density at radius 1 is 0.905 bits per heavy atom. The highest BCUT2D eigenvalue weighted by Gasteiger charge is 1.98. The van der Waals surface area contributed by atoms with Crippen molar-refractivity contribution in [2.75, 3.05) is 6.54 Å². The summed E-state index contributed by atoms with van der Waals surface area (Å²) in [6.45, 7) is 7.01. The van der Waals surface area contributed by atoms with Crippen LogP contribution in [0.3, 0.4) is 0 Å². The summed E-state index contributed by atoms with van der Waals surface area (Å²) in [6.07, 6.45) is 0. The lowest BCUT2D eigenvalue weighted by molar-refractivity contribution is 0.306. The fourth-order valence-corrected chi connectivity index (χ4v) is 1.95. The van der Waals surface area contributed by atoms with Crippen molar-refractivity contribution < 1.29 is 4.74 Å². The highest BCUT2D eigenvalue weighted by atomic mass is 35.5. The zero-order valence-electron chi connectivity index (χ0n) is 12.7. The van der Waals surface area contributed by atoms with E-state index in [0.29, 0.717) is 12.5 Å². The van der Waals surface area contributed by atoms with Gasteiger partial charge in [-0.1, -0.05) is 56.3 Å². The van der Waals surface area contributed by atoms with Crippen molar-refractivity contribution >= 4 is 12.4 Å². The third-order valence-corrected chi connectivity index (χ3v) is 3.05. The lowest BCUT2D eigenvalue weighted by atomic mass is 10.2. The molecular weight excluding hydrogens is 282 g/mol. The van der Waals surface area contributed by atoms with Gasteiger partial charge in [-0.2, -0.15) is 0 Å². The second-order valence-corrected chi connectivity index (χ2v) is 5.44. The van der Waals surface area contributed by atoms with Crippen LogP contribution in [0.4, 0.5) is 0 Å². The quantitative estimate of drug-likeness (QED) is 0.817. The van der Waals surface area contributed by atoms with Crippen LogP contribution in [0.25, 0.3) is 0 Å². The van der Waals surface area contributed by atoms with Gasteiger partial charge in [-0.3, -0.25) is 0 Å². The summed E-state index contributed by atoms with van der Waals surface area (Å²) >= 11 is 0. The summed E-state index contributed by atoms with van der Waals surface area (Å²) in [5, 5.41) is 3.44. The summed E-state index contributed by atoms with van der Waals surface area (Å²) in [5.74, 6) is 1.60. The largest absolute Gasteiger partial charge is 0.489 e. The molecule has 2 rings (SSSR count). The van der Waals surface area contributed by atoms with Crippen LogP contribution in [-0.2, 0) is 13.2 Å². The molecular formula is C18H24ClNO. The Hall–Kier alpha value is -1.51. The lowest BCUT2D eigenvalue weighted by Crippen LogP contribution is -2.18. The van der Waals surface area contributed by atoms with Crippen LogP contribution in [0, 0.1) is 5.92 Å². The van der Waals surface area contributed by atoms with E-state index in [9.17, 15) is 0 Å². The van der Waals surface area contributed by atoms with Crippen molar-refractivity contribution in [3.63, 3.8) is 0 Å². The number of hydrogen-bond acceptors (Lipinski definition) is 2. The first-order valence-corrected chi connectivity index (χ1v) is 7.20. The van der Waals surface area contributed by atoms with E-state index in [2.05, 4.69) is 43.4 Å². The molecule has 2 aromatic carbocycles. The highest BCUT2D eigenvalue weighted by molar-refractivity contribution is 5.85. The molecule has 0 unspecified atom stereocenters. The van der Waals surface area contributed by atoms with Gasteiger partial charge >= 0.3 is 0 Å². The molecule has 0 amide bonds. The van der Waals surface area contributed by atoms with Crippen molar-refractivity contribution in [3.05, 3.63) is 65.7 Å². The molecule has 2 nitrogen and oxygen atoms in total. The van der Waals surface area contributed by atoms with Gasteiger partial charge in [0.25, 0.3) is 0 Å². The Balaban J connectivity index is 0.00000220. The van der Waals surface area contributed by atoms with Crippen LogP contribution < -0.4 is 10.1 Å². The van der Waals surface area contributed by atoms with E-state index < -0.39 is 0 Å². The first-order chi connectivity index (χ1) is 9.74. The fraction of sp³-hybridized carbons (Fsp3) is 0.333. The van der Waals surface area contributed by atoms with E-state index in [1.54, 1.807) is 0 Å². The van der Waals surface area contributed by atoms with Crippen molar-refractivity contribution in [3.8, 4) is 5.75 Å². The van der Waals surface area contributed by atoms with Gasteiger partial charge in [-0.15, -0.1) is 12.4 Å². The Kier molecular flexibility index (Phi) is 7.88. The fourth-order valence-electron chi connectivity index (χ4n) is 1.95. The molecule has 0 radical (unpaired) electrons. The minimum absolute atomic E-state index is 0. The molecule has 0 saturated heterocycles. The van der Waals surface area contributed by atoms with E-state index in [4.69, 9.17) is 4.74 Å². The summed E-state index contributed by atoms with van der Waals surface area (Å²) in [6, 6.07) is 18.5. The molecule has 0 spiro atoms. The van der Waals surface area contributed by atoms with Crippen LogP contribution in [0.15, 0.2) is 54.6 Å². The van der Waals surface area contributed by atoms with Crippen molar-refractivity contribution in [1.29, 1.82) is 0 Å². The third-order valence-electron chi connectivity index (χ3n) is 3.05. The second kappa shape index (κ2) is 9.43. The van der Waals surface area contributed by atoms with E-state index in [1.165, 1.54) is 11.1 Å². The van der Waals surface area contributed by atoms with Crippen molar-refractivity contribution in [2.24, 2.45) is 5.92 Å². The van der Waals surface area contributed by atoms with Crippen molar-refractivity contribution in [1.82, 2.24) is 5.32 Å². The molecule has 0 aromatic heterocycles. The monoisotopic (exact) mass is 305 g/mol. The first-order valence-electron chi connectivity index (χ1n) is 7.20. The number of rotatable bonds is 7. The van der Waals surface area contributed by atoms with Crippen LogP contribution in [0.1, 0.15) is 25.0 Å². The number of halogens is 1. The third kappa shape index (κ3) is 6.65. The normalized spacial score (nSPS) is 10.2. The van der Waals surface area contributed by atoms with Crippen LogP contribution in [0.2, 0.25) is 0 Å². The molecule has 2 aromatic rings. The molecule has 0 aliphatic heterocycles. The van der Waals surface area contributed by atoms with Gasteiger partial charge in [-0.25, -0.2) is 0 Å². The maximum atomic E-state index is 5.77. The minimum Gasteiger partial charge on any atom is -0.489 e. The maximum Gasteiger partial charge on any atom is 0.119 e. The summed E-state index contributed by atoms with van der Waals surface area (Å²) in [4.78, 5) is 0. The maximum absolute atomic E-state index is 5.77. The zero-order valence-corrected chi connectivity index (χ0v) is 13.5. The Morgan fingerprint density at radius 2 is 1.57 bits per heavy atom. The Morgan fingerprint density at radius 3 is 2.19 bits per heavy atom. The zero-order chi connectivity index (χ0) is 14.2. The molecule has 0 aliphatic carbocycles. The van der Waals surface area contributed by atoms with E-state index in [-0.39, 0.29) is 12.4 Å². The molecule has 0 fully saturated rings. The van der Waals surface area contributed by atoms with Gasteiger partial charge in [0.2, 0.25) is 0 Å². The topological polar surface area (TPSA) is 21.3 Å². The number of hydrogen-bond donors (Lipinski definition) is 1. The molecule has 0 bridgehead atoms. The molecule has 1 N–H and O–H groups in total. The first kappa shape index (κ1) is 17.5. The molecule has 3 heteroatoms. The minimum atomic E-state index is 0. The van der Waals surface area contributed by atoms with E-state index >= 15 is 0 Å². The second-order valence-electron chi connectivity index (χ2n) is 5.44. The predicted molar refractivity (Wildman–Crippen MR) is 91.0 cm³/mol. The molecule has 0 saturated carbocycles. The van der Waals surface area contributed by atoms with E-state index in [1.807, 2.05) is 30.3 Å². The average Bonchev–Trinajstić information content (AvgIpc) is 2.47. The molecule has 21 heavy (non-hydrogen) atoms. The van der Waals surface area contributed by atoms with Gasteiger partial charge in [0.15, 0.2) is 0 Å².